The van der Waals surface area contributed by atoms with Gasteiger partial charge in [0.25, 0.3) is 0 Å². The third-order valence-electron chi connectivity index (χ3n) is 5.53. The zero-order valence-corrected chi connectivity index (χ0v) is 15.2. The summed E-state index contributed by atoms with van der Waals surface area (Å²) in [6.45, 7) is 1.86. The number of benzene rings is 1. The van der Waals surface area contributed by atoms with Crippen LogP contribution in [0.4, 0.5) is 5.69 Å². The minimum Gasteiger partial charge on any atom is -0.349 e. The molecule has 0 saturated heterocycles. The van der Waals surface area contributed by atoms with Gasteiger partial charge in [0, 0.05) is 43.4 Å². The molecule has 2 aliphatic rings. The second-order valence-electron chi connectivity index (χ2n) is 7.03. The third-order valence-corrected chi connectivity index (χ3v) is 5.53. The average molecular weight is 349 g/mol. The van der Waals surface area contributed by atoms with Gasteiger partial charge in [0.05, 0.1) is 11.7 Å². The molecule has 134 valence electrons. The minimum absolute atomic E-state index is 0.0313. The number of aryl methyl sites for hydroxylation is 1. The van der Waals surface area contributed by atoms with Crippen molar-refractivity contribution in [1.29, 1.82) is 0 Å². The van der Waals surface area contributed by atoms with Crippen LogP contribution in [0.25, 0.3) is 11.1 Å². The van der Waals surface area contributed by atoms with E-state index in [0.717, 1.165) is 41.6 Å². The first kappa shape index (κ1) is 16.8. The molecule has 0 spiro atoms. The van der Waals surface area contributed by atoms with E-state index in [4.69, 9.17) is 0 Å². The van der Waals surface area contributed by atoms with Gasteiger partial charge in [0.1, 0.15) is 0 Å². The van der Waals surface area contributed by atoms with Crippen molar-refractivity contribution in [3.8, 4) is 11.1 Å². The number of nitrogens with zero attached hydrogens (tertiary/aromatic N) is 2. The van der Waals surface area contributed by atoms with Crippen molar-refractivity contribution in [3.05, 3.63) is 47.3 Å². The highest BCUT2D eigenvalue weighted by Gasteiger charge is 2.29. The highest BCUT2D eigenvalue weighted by Crippen LogP contribution is 2.42. The van der Waals surface area contributed by atoms with Crippen LogP contribution in [0.2, 0.25) is 0 Å². The molecule has 0 saturated carbocycles. The quantitative estimate of drug-likeness (QED) is 0.926. The predicted molar refractivity (Wildman–Crippen MR) is 101 cm³/mol. The van der Waals surface area contributed by atoms with Crippen molar-refractivity contribution < 1.29 is 9.59 Å². The monoisotopic (exact) mass is 349 g/mol. The van der Waals surface area contributed by atoms with Crippen LogP contribution in [0.1, 0.15) is 48.9 Å². The van der Waals surface area contributed by atoms with Crippen LogP contribution in [0.3, 0.4) is 0 Å². The number of pyridine rings is 1. The third kappa shape index (κ3) is 2.68. The molecule has 0 fully saturated rings. The van der Waals surface area contributed by atoms with Gasteiger partial charge in [0.15, 0.2) is 0 Å². The Kier molecular flexibility index (Phi) is 4.23. The first-order valence-corrected chi connectivity index (χ1v) is 9.25. The topological polar surface area (TPSA) is 62.3 Å². The Morgan fingerprint density at radius 2 is 2.08 bits per heavy atom. The van der Waals surface area contributed by atoms with Gasteiger partial charge in [-0.05, 0) is 36.0 Å². The number of para-hydroxylation sites is 1. The summed E-state index contributed by atoms with van der Waals surface area (Å²) in [5.41, 5.74) is 6.68. The molecular weight excluding hydrogens is 326 g/mol. The van der Waals surface area contributed by atoms with Gasteiger partial charge < -0.3 is 10.2 Å². The first-order valence-electron chi connectivity index (χ1n) is 9.25. The number of aromatic nitrogens is 1. The van der Waals surface area contributed by atoms with Crippen LogP contribution in [-0.2, 0) is 22.4 Å². The van der Waals surface area contributed by atoms with Gasteiger partial charge in [-0.25, -0.2) is 0 Å². The van der Waals surface area contributed by atoms with Crippen molar-refractivity contribution in [2.24, 2.45) is 0 Å². The molecule has 2 amide bonds. The molecule has 1 aliphatic heterocycles. The summed E-state index contributed by atoms with van der Waals surface area (Å²) in [5.74, 6) is 0.217. The number of hydrogen-bond acceptors (Lipinski definition) is 3. The maximum Gasteiger partial charge on any atom is 0.227 e. The lowest BCUT2D eigenvalue weighted by atomic mass is 9.91. The molecule has 0 unspecified atom stereocenters. The van der Waals surface area contributed by atoms with Crippen LogP contribution in [0.5, 0.6) is 0 Å². The maximum absolute atomic E-state index is 12.2. The number of fused-ring (bicyclic) bond motifs is 2. The van der Waals surface area contributed by atoms with E-state index in [9.17, 15) is 9.59 Å². The molecule has 1 aliphatic carbocycles. The number of carbonyl (C=O) groups excluding carboxylic acids is 2. The summed E-state index contributed by atoms with van der Waals surface area (Å²) in [4.78, 5) is 30.3. The van der Waals surface area contributed by atoms with E-state index in [-0.39, 0.29) is 17.9 Å². The number of carbonyl (C=O) groups is 2. The fourth-order valence-electron chi connectivity index (χ4n) is 4.15. The molecule has 1 aromatic heterocycles. The van der Waals surface area contributed by atoms with Gasteiger partial charge in [-0.1, -0.05) is 25.1 Å². The number of rotatable bonds is 3. The van der Waals surface area contributed by atoms with Gasteiger partial charge in [0.2, 0.25) is 11.8 Å². The van der Waals surface area contributed by atoms with Gasteiger partial charge in [-0.2, -0.15) is 0 Å². The molecule has 1 atom stereocenters. The summed E-state index contributed by atoms with van der Waals surface area (Å²) >= 11 is 0. The zero-order chi connectivity index (χ0) is 18.3. The Hall–Kier alpha value is -2.69. The van der Waals surface area contributed by atoms with Crippen LogP contribution in [0, 0.1) is 0 Å². The van der Waals surface area contributed by atoms with E-state index < -0.39 is 0 Å². The maximum atomic E-state index is 12.2. The van der Waals surface area contributed by atoms with Gasteiger partial charge in [-0.3, -0.25) is 14.6 Å². The van der Waals surface area contributed by atoms with Gasteiger partial charge in [-0.15, -0.1) is 0 Å². The van der Waals surface area contributed by atoms with E-state index in [1.165, 1.54) is 11.1 Å². The summed E-state index contributed by atoms with van der Waals surface area (Å²) in [5, 5.41) is 3.10. The number of hydrogen-bond donors (Lipinski definition) is 1. The van der Waals surface area contributed by atoms with Crippen molar-refractivity contribution in [1.82, 2.24) is 10.3 Å². The summed E-state index contributed by atoms with van der Waals surface area (Å²) < 4.78 is 0. The Balaban J connectivity index is 1.80. The van der Waals surface area contributed by atoms with Crippen LogP contribution in [0.15, 0.2) is 30.6 Å². The van der Waals surface area contributed by atoms with Crippen LogP contribution < -0.4 is 10.2 Å². The lowest BCUT2D eigenvalue weighted by Gasteiger charge is -2.29. The molecule has 5 heteroatoms. The van der Waals surface area contributed by atoms with Crippen molar-refractivity contribution in [2.45, 2.75) is 45.1 Å². The smallest absolute Gasteiger partial charge is 0.227 e. The molecular formula is C21H23N3O2. The van der Waals surface area contributed by atoms with E-state index >= 15 is 0 Å². The Morgan fingerprint density at radius 1 is 1.23 bits per heavy atom. The lowest BCUT2D eigenvalue weighted by Crippen LogP contribution is -2.31. The van der Waals surface area contributed by atoms with Crippen LogP contribution in [-0.4, -0.2) is 23.8 Å². The fourth-order valence-corrected chi connectivity index (χ4v) is 4.15. The number of nitrogens with one attached hydrogen (secondary N) is 1. The normalized spacial score (nSPS) is 18.5. The van der Waals surface area contributed by atoms with Crippen molar-refractivity contribution >= 4 is 17.5 Å². The first-order chi connectivity index (χ1) is 12.6. The summed E-state index contributed by atoms with van der Waals surface area (Å²) in [6, 6.07) is 6.26. The molecule has 26 heavy (non-hydrogen) atoms. The van der Waals surface area contributed by atoms with E-state index in [2.05, 4.69) is 28.5 Å². The molecule has 0 bridgehead atoms. The summed E-state index contributed by atoms with van der Waals surface area (Å²) in [6.07, 6.45) is 7.39. The molecule has 1 aromatic carbocycles. The summed E-state index contributed by atoms with van der Waals surface area (Å²) in [7, 11) is 1.85. The molecule has 2 heterocycles. The second-order valence-corrected chi connectivity index (χ2v) is 7.03. The fraction of sp³-hybridized carbons (Fsp3) is 0.381. The predicted octanol–water partition coefficient (Wildman–Crippen LogP) is 3.17. The minimum atomic E-state index is 0.0313. The lowest BCUT2D eigenvalue weighted by molar-refractivity contribution is -0.121. The molecule has 1 N–H and O–H groups in total. The Labute approximate surface area is 153 Å². The van der Waals surface area contributed by atoms with Crippen LogP contribution >= 0.6 is 0 Å². The highest BCUT2D eigenvalue weighted by atomic mass is 16.2. The largest absolute Gasteiger partial charge is 0.349 e. The zero-order valence-electron chi connectivity index (χ0n) is 15.2. The molecule has 2 aromatic rings. The van der Waals surface area contributed by atoms with Crippen molar-refractivity contribution in [2.75, 3.05) is 11.9 Å². The van der Waals surface area contributed by atoms with E-state index in [1.807, 2.05) is 26.4 Å². The average Bonchev–Trinajstić information content (AvgIpc) is 3.07. The molecule has 0 radical (unpaired) electrons. The number of anilines is 1. The van der Waals surface area contributed by atoms with Crippen molar-refractivity contribution in [3.63, 3.8) is 0 Å². The molecule has 4 rings (SSSR count). The Bertz CT molecular complexity index is 891. The van der Waals surface area contributed by atoms with E-state index in [1.54, 1.807) is 4.90 Å². The molecule has 5 nitrogen and oxygen atoms in total. The highest BCUT2D eigenvalue weighted by molar-refractivity contribution is 6.01. The SMILES string of the molecule is CCC(=O)N[C@@H]1CCc2c(-c3cccc4c3N(C)C(=O)CC4)cncc21. The standard InChI is InChI=1S/C21H23N3O2/c1-3-19(25)23-18-9-8-14-16(11-22-12-17(14)18)15-6-4-5-13-7-10-20(26)24(2)21(13)15/h4-6,11-12,18H,3,7-10H2,1-2H3,(H,23,25)/t18-/m1/s1. The van der Waals surface area contributed by atoms with E-state index in [0.29, 0.717) is 12.8 Å². The number of amides is 2. The second kappa shape index (κ2) is 6.56. The van der Waals surface area contributed by atoms with Gasteiger partial charge >= 0.3 is 0 Å². The Morgan fingerprint density at radius 3 is 2.88 bits per heavy atom.